The van der Waals surface area contributed by atoms with E-state index in [0.29, 0.717) is 27.2 Å². The van der Waals surface area contributed by atoms with Crippen LogP contribution < -0.4 is 4.90 Å². The van der Waals surface area contributed by atoms with E-state index in [-0.39, 0.29) is 11.6 Å². The smallest absolute Gasteiger partial charge is 0.286 e. The van der Waals surface area contributed by atoms with E-state index in [1.165, 1.54) is 29.1 Å². The van der Waals surface area contributed by atoms with E-state index < -0.39 is 4.92 Å². The second-order valence-electron chi connectivity index (χ2n) is 8.10. The van der Waals surface area contributed by atoms with Gasteiger partial charge in [-0.3, -0.25) is 14.9 Å². The monoisotopic (exact) mass is 474 g/mol. The zero-order valence-electron chi connectivity index (χ0n) is 18.5. The topological polar surface area (TPSA) is 92.2 Å². The molecular formula is C25H22N4O4S. The van der Waals surface area contributed by atoms with Crippen molar-refractivity contribution in [1.82, 2.24) is 4.90 Å². The molecule has 0 unspecified atom stereocenters. The molecule has 1 saturated heterocycles. The molecule has 1 amide bonds. The van der Waals surface area contributed by atoms with Crippen LogP contribution >= 0.6 is 11.8 Å². The predicted octanol–water partition coefficient (Wildman–Crippen LogP) is 4.96. The zero-order valence-corrected chi connectivity index (χ0v) is 19.3. The highest BCUT2D eigenvalue weighted by atomic mass is 32.2. The first kappa shape index (κ1) is 22.0. The fraction of sp³-hybridized carbons (Fsp3) is 0.200. The van der Waals surface area contributed by atoms with Crippen LogP contribution in [-0.2, 0) is 4.79 Å². The summed E-state index contributed by atoms with van der Waals surface area (Å²) in [5, 5.41) is 12.0. The van der Waals surface area contributed by atoms with E-state index in [0.717, 1.165) is 26.2 Å². The number of piperazine rings is 1. The first-order valence-electron chi connectivity index (χ1n) is 10.9. The maximum Gasteiger partial charge on any atom is 0.286 e. The minimum absolute atomic E-state index is 0.0298. The summed E-state index contributed by atoms with van der Waals surface area (Å²) in [5.74, 6) is 0.525. The Morgan fingerprint density at radius 3 is 2.56 bits per heavy atom. The number of nitro groups is 1. The van der Waals surface area contributed by atoms with Crippen LogP contribution in [-0.4, -0.2) is 47.1 Å². The Hall–Kier alpha value is -3.85. The van der Waals surface area contributed by atoms with E-state index in [4.69, 9.17) is 4.42 Å². The molecule has 1 fully saturated rings. The van der Waals surface area contributed by atoms with Gasteiger partial charge in [-0.25, -0.2) is 0 Å². The highest BCUT2D eigenvalue weighted by molar-refractivity contribution is 8.18. The van der Waals surface area contributed by atoms with E-state index in [1.807, 2.05) is 0 Å². The van der Waals surface area contributed by atoms with Crippen molar-refractivity contribution < 1.29 is 14.1 Å². The van der Waals surface area contributed by atoms with Gasteiger partial charge in [0.2, 0.25) is 0 Å². The molecule has 0 bridgehead atoms. The molecule has 2 aliphatic rings. The number of carbonyl (C=O) groups is 1. The summed E-state index contributed by atoms with van der Waals surface area (Å²) in [6.07, 6.45) is 1.64. The Morgan fingerprint density at radius 2 is 1.79 bits per heavy atom. The predicted molar refractivity (Wildman–Crippen MR) is 134 cm³/mol. The van der Waals surface area contributed by atoms with Gasteiger partial charge in [-0.2, -0.15) is 4.99 Å². The Balaban J connectivity index is 1.26. The number of benzene rings is 2. The first-order chi connectivity index (χ1) is 16.5. The Labute approximate surface area is 200 Å². The average Bonchev–Trinajstić information content (AvgIpc) is 3.46. The fourth-order valence-corrected chi connectivity index (χ4v) is 5.00. The minimum atomic E-state index is -0.439. The van der Waals surface area contributed by atoms with Gasteiger partial charge in [0.05, 0.1) is 15.4 Å². The number of amides is 1. The van der Waals surface area contributed by atoms with Crippen LogP contribution in [0.2, 0.25) is 0 Å². The third-order valence-corrected chi connectivity index (χ3v) is 6.84. The van der Waals surface area contributed by atoms with Crippen molar-refractivity contribution >= 4 is 40.3 Å². The number of nitrogens with zero attached hydrogens (tertiary/aromatic N) is 4. The van der Waals surface area contributed by atoms with Crippen molar-refractivity contribution in [1.29, 1.82) is 0 Å². The maximum absolute atomic E-state index is 12.5. The number of hydrogen-bond donors (Lipinski definition) is 0. The van der Waals surface area contributed by atoms with Crippen molar-refractivity contribution in [2.45, 2.75) is 6.92 Å². The molecule has 0 saturated carbocycles. The molecule has 2 aliphatic heterocycles. The van der Waals surface area contributed by atoms with Crippen LogP contribution in [0.25, 0.3) is 17.4 Å². The highest BCUT2D eigenvalue weighted by Gasteiger charge is 2.29. The lowest BCUT2D eigenvalue weighted by atomic mass is 10.1. The van der Waals surface area contributed by atoms with Gasteiger partial charge in [0.15, 0.2) is 5.17 Å². The quantitative estimate of drug-likeness (QED) is 0.300. The van der Waals surface area contributed by atoms with Crippen molar-refractivity contribution in [2.75, 3.05) is 31.1 Å². The number of para-hydroxylation sites is 1. The summed E-state index contributed by atoms with van der Waals surface area (Å²) < 4.78 is 5.81. The van der Waals surface area contributed by atoms with Crippen molar-refractivity contribution in [3.63, 3.8) is 0 Å². The lowest BCUT2D eigenvalue weighted by molar-refractivity contribution is -0.384. The van der Waals surface area contributed by atoms with Crippen LogP contribution in [0.3, 0.4) is 0 Å². The maximum atomic E-state index is 12.5. The van der Waals surface area contributed by atoms with Gasteiger partial charge in [-0.05, 0) is 54.6 Å². The SMILES string of the molecule is Cc1cccc(N2CCN(C3=NC(=O)C(=Cc4ccc(-c5ccccc5[N+](=O)[O-])o4)S3)CC2)c1. The van der Waals surface area contributed by atoms with E-state index in [1.54, 1.807) is 36.4 Å². The van der Waals surface area contributed by atoms with E-state index in [9.17, 15) is 14.9 Å². The molecule has 0 spiro atoms. The molecule has 34 heavy (non-hydrogen) atoms. The van der Waals surface area contributed by atoms with Crippen LogP contribution in [0.1, 0.15) is 11.3 Å². The van der Waals surface area contributed by atoms with Crippen molar-refractivity contribution in [3.05, 3.63) is 87.0 Å². The molecule has 9 heteroatoms. The molecule has 0 aliphatic carbocycles. The summed E-state index contributed by atoms with van der Waals surface area (Å²) in [4.78, 5) is 32.6. The Kier molecular flexibility index (Phi) is 5.93. The van der Waals surface area contributed by atoms with E-state index >= 15 is 0 Å². The number of anilines is 1. The molecular weight excluding hydrogens is 452 g/mol. The molecule has 5 rings (SSSR count). The summed E-state index contributed by atoms with van der Waals surface area (Å²) >= 11 is 1.33. The molecule has 0 N–H and O–H groups in total. The van der Waals surface area contributed by atoms with Gasteiger partial charge in [0, 0.05) is 44.0 Å². The number of amidine groups is 1. The van der Waals surface area contributed by atoms with Crippen LogP contribution in [0, 0.1) is 17.0 Å². The second-order valence-corrected chi connectivity index (χ2v) is 9.11. The van der Waals surface area contributed by atoms with Gasteiger partial charge in [0.1, 0.15) is 11.5 Å². The number of hydrogen-bond acceptors (Lipinski definition) is 7. The fourth-order valence-electron chi connectivity index (χ4n) is 4.06. The Bertz CT molecular complexity index is 1320. The van der Waals surface area contributed by atoms with Gasteiger partial charge in [-0.1, -0.05) is 24.3 Å². The molecule has 0 radical (unpaired) electrons. The number of thioether (sulfide) groups is 1. The van der Waals surface area contributed by atoms with Crippen molar-refractivity contribution in [3.8, 4) is 11.3 Å². The van der Waals surface area contributed by atoms with Crippen LogP contribution in [0.4, 0.5) is 11.4 Å². The minimum Gasteiger partial charge on any atom is -0.456 e. The van der Waals surface area contributed by atoms with Gasteiger partial charge in [-0.15, -0.1) is 0 Å². The number of rotatable bonds is 4. The van der Waals surface area contributed by atoms with Gasteiger partial charge < -0.3 is 14.2 Å². The van der Waals surface area contributed by atoms with Gasteiger partial charge >= 0.3 is 0 Å². The summed E-state index contributed by atoms with van der Waals surface area (Å²) in [6.45, 7) is 5.36. The number of aliphatic imine (C=N–C) groups is 1. The highest BCUT2D eigenvalue weighted by Crippen LogP contribution is 2.34. The lowest BCUT2D eigenvalue weighted by Gasteiger charge is -2.36. The molecule has 3 heterocycles. The second kappa shape index (κ2) is 9.18. The molecule has 0 atom stereocenters. The molecule has 172 valence electrons. The molecule has 3 aromatic rings. The van der Waals surface area contributed by atoms with Gasteiger partial charge in [0.25, 0.3) is 11.6 Å². The number of aryl methyl sites for hydroxylation is 1. The summed E-state index contributed by atoms with van der Waals surface area (Å²) in [6, 6.07) is 18.2. The zero-order chi connectivity index (χ0) is 23.7. The molecule has 1 aromatic heterocycles. The number of furan rings is 1. The third kappa shape index (κ3) is 4.47. The van der Waals surface area contributed by atoms with E-state index in [2.05, 4.69) is 46.0 Å². The molecule has 8 nitrogen and oxygen atoms in total. The first-order valence-corrected chi connectivity index (χ1v) is 11.7. The summed E-state index contributed by atoms with van der Waals surface area (Å²) in [5.41, 5.74) is 2.81. The van der Waals surface area contributed by atoms with Crippen molar-refractivity contribution in [2.24, 2.45) is 4.99 Å². The van der Waals surface area contributed by atoms with Crippen LogP contribution in [0.15, 0.2) is 75.0 Å². The van der Waals surface area contributed by atoms with Crippen LogP contribution in [0.5, 0.6) is 0 Å². The Morgan fingerprint density at radius 1 is 1.03 bits per heavy atom. The number of nitro benzene ring substituents is 1. The standard InChI is InChI=1S/C25H22N4O4S/c1-17-5-4-6-18(15-17)27-11-13-28(14-12-27)25-26-24(30)23(34-25)16-19-9-10-22(33-19)20-7-2-3-8-21(20)29(31)32/h2-10,15-16H,11-14H2,1H3. The summed E-state index contributed by atoms with van der Waals surface area (Å²) in [7, 11) is 0. The molecule has 2 aromatic carbocycles. The average molecular weight is 475 g/mol. The lowest BCUT2D eigenvalue weighted by Crippen LogP contribution is -2.47. The normalized spacial score (nSPS) is 17.4. The third-order valence-electron chi connectivity index (χ3n) is 5.79. The number of carbonyl (C=O) groups excluding carboxylic acids is 1. The largest absolute Gasteiger partial charge is 0.456 e.